The number of aliphatic carboxylic acids is 2. The summed E-state index contributed by atoms with van der Waals surface area (Å²) in [5, 5.41) is 32.5. The number of nitrogens with zero attached hydrogens (tertiary/aromatic N) is 1. The molecule has 0 radical (unpaired) electrons. The molecule has 2 aliphatic heterocycles. The molecule has 6 atom stereocenters. The number of carboxylic acid groups (broad SMARTS) is 2. The number of carbonyl (C=O) groups is 3. The summed E-state index contributed by atoms with van der Waals surface area (Å²) in [5.41, 5.74) is 2.13. The summed E-state index contributed by atoms with van der Waals surface area (Å²) >= 11 is 0. The topological polar surface area (TPSA) is 154 Å². The van der Waals surface area contributed by atoms with Crippen molar-refractivity contribution in [3.05, 3.63) is 65.7 Å². The molecule has 2 fully saturated rings. The monoisotopic (exact) mass is 529 g/mol. The second kappa shape index (κ2) is 13.9. The lowest BCUT2D eigenvalue weighted by Crippen LogP contribution is -2.48. The van der Waals surface area contributed by atoms with Crippen LogP contribution in [-0.4, -0.2) is 88.3 Å². The first-order valence-electron chi connectivity index (χ1n) is 12.6. The van der Waals surface area contributed by atoms with Gasteiger partial charge in [0.2, 0.25) is 0 Å². The highest BCUT2D eigenvalue weighted by atomic mass is 16.5. The first-order chi connectivity index (χ1) is 18.2. The first kappa shape index (κ1) is 29.1. The summed E-state index contributed by atoms with van der Waals surface area (Å²) < 4.78 is 11.4. The third kappa shape index (κ3) is 8.01. The van der Waals surface area contributed by atoms with Gasteiger partial charge in [0, 0.05) is 19.0 Å². The Bertz CT molecular complexity index is 1040. The van der Waals surface area contributed by atoms with Gasteiger partial charge in [-0.1, -0.05) is 42.5 Å². The molecule has 0 aliphatic carbocycles. The number of fused-ring (bicyclic) bond motifs is 2. The summed E-state index contributed by atoms with van der Waals surface area (Å²) in [6.07, 6.45) is -0.493. The van der Waals surface area contributed by atoms with Gasteiger partial charge in [0.05, 0.1) is 13.0 Å². The molecule has 4 N–H and O–H groups in total. The smallest absolute Gasteiger partial charge is 0.335 e. The molecule has 10 heteroatoms. The number of hydrogen-bond acceptors (Lipinski definition) is 8. The highest BCUT2D eigenvalue weighted by molar-refractivity contribution is 5.83. The lowest BCUT2D eigenvalue weighted by atomic mass is 9.86. The van der Waals surface area contributed by atoms with Gasteiger partial charge in [-0.25, -0.2) is 9.59 Å². The molecule has 2 aromatic carbocycles. The Morgan fingerprint density at radius 2 is 1.55 bits per heavy atom. The third-order valence-electron chi connectivity index (χ3n) is 6.96. The van der Waals surface area contributed by atoms with Gasteiger partial charge in [-0.05, 0) is 55.5 Å². The second-order valence-corrected chi connectivity index (χ2v) is 9.55. The summed E-state index contributed by atoms with van der Waals surface area (Å²) in [6, 6.07) is 18.0. The van der Waals surface area contributed by atoms with Crippen molar-refractivity contribution in [2.45, 2.75) is 49.9 Å². The Morgan fingerprint density at radius 1 is 0.921 bits per heavy atom. The maximum atomic E-state index is 13.2. The standard InChI is InChI=1S/C24H29NO3.C4H6O6/c1-27-21-11-9-18(10-12-21)16-22(19-6-3-2-4-7-19)24(26)28-23-13-15-25-14-5-8-20(23)17-25;5-1(3(7)8)2(6)4(9)10/h2-4,6-7,9-12,20,22-23H,5,8,13-17H2,1H3;1-2,5-6H,(H,7,8)(H,9,10). The van der Waals surface area contributed by atoms with Gasteiger partial charge in [0.15, 0.2) is 12.2 Å². The summed E-state index contributed by atoms with van der Waals surface area (Å²) in [6.45, 7) is 3.32. The van der Waals surface area contributed by atoms with E-state index in [9.17, 15) is 14.4 Å². The number of rotatable bonds is 9. The zero-order valence-electron chi connectivity index (χ0n) is 21.3. The Hall–Kier alpha value is -3.47. The van der Waals surface area contributed by atoms with Crippen LogP contribution < -0.4 is 4.74 Å². The summed E-state index contributed by atoms with van der Waals surface area (Å²) in [5.74, 6) is -2.59. The van der Waals surface area contributed by atoms with Crippen LogP contribution in [0.25, 0.3) is 0 Å². The number of carboxylic acids is 2. The molecule has 0 aromatic heterocycles. The number of aliphatic hydroxyl groups excluding tert-OH is 2. The minimum absolute atomic E-state index is 0.0612. The van der Waals surface area contributed by atoms with Crippen molar-refractivity contribution in [2.75, 3.05) is 26.7 Å². The van der Waals surface area contributed by atoms with Crippen LogP contribution in [0.3, 0.4) is 0 Å². The molecule has 0 amide bonds. The minimum Gasteiger partial charge on any atom is -0.497 e. The lowest BCUT2D eigenvalue weighted by Gasteiger charge is -2.42. The quantitative estimate of drug-likeness (QED) is 0.354. The Balaban J connectivity index is 0.000000342. The number of hydrogen-bond donors (Lipinski definition) is 4. The fraction of sp³-hybridized carbons (Fsp3) is 0.464. The van der Waals surface area contributed by atoms with Gasteiger partial charge >= 0.3 is 17.9 Å². The second-order valence-electron chi connectivity index (χ2n) is 9.55. The number of esters is 1. The number of aliphatic hydroxyl groups is 2. The van der Waals surface area contributed by atoms with Crippen LogP contribution in [0, 0.1) is 5.92 Å². The zero-order chi connectivity index (χ0) is 27.7. The number of methoxy groups -OCH3 is 1. The van der Waals surface area contributed by atoms with E-state index in [4.69, 9.17) is 29.9 Å². The van der Waals surface area contributed by atoms with Crippen LogP contribution in [0.15, 0.2) is 54.6 Å². The van der Waals surface area contributed by atoms with Gasteiger partial charge in [0.25, 0.3) is 0 Å². The molecule has 38 heavy (non-hydrogen) atoms. The van der Waals surface area contributed by atoms with E-state index >= 15 is 0 Å². The van der Waals surface area contributed by atoms with Gasteiger partial charge in [-0.3, -0.25) is 4.79 Å². The van der Waals surface area contributed by atoms with Crippen LogP contribution in [0.5, 0.6) is 5.75 Å². The summed E-state index contributed by atoms with van der Waals surface area (Å²) in [7, 11) is 1.66. The molecule has 2 saturated heterocycles. The number of piperidine rings is 2. The van der Waals surface area contributed by atoms with Crippen molar-refractivity contribution < 1.29 is 44.3 Å². The minimum atomic E-state index is -2.27. The highest BCUT2D eigenvalue weighted by Gasteiger charge is 2.36. The zero-order valence-corrected chi connectivity index (χ0v) is 21.3. The number of ether oxygens (including phenoxy) is 2. The maximum absolute atomic E-state index is 13.2. The van der Waals surface area contributed by atoms with E-state index in [1.54, 1.807) is 7.11 Å². The maximum Gasteiger partial charge on any atom is 0.335 e. The van der Waals surface area contributed by atoms with E-state index in [-0.39, 0.29) is 18.0 Å². The van der Waals surface area contributed by atoms with E-state index in [0.717, 1.165) is 36.4 Å². The van der Waals surface area contributed by atoms with Gasteiger partial charge in [-0.2, -0.15) is 0 Å². The molecular weight excluding hydrogens is 494 g/mol. The van der Waals surface area contributed by atoms with Crippen molar-refractivity contribution in [3.8, 4) is 5.75 Å². The largest absolute Gasteiger partial charge is 0.497 e. The van der Waals surface area contributed by atoms with Crippen LogP contribution >= 0.6 is 0 Å². The van der Waals surface area contributed by atoms with E-state index in [1.165, 1.54) is 19.4 Å². The Kier molecular flexibility index (Phi) is 10.6. The van der Waals surface area contributed by atoms with Crippen molar-refractivity contribution in [3.63, 3.8) is 0 Å². The van der Waals surface area contributed by atoms with Crippen molar-refractivity contribution in [1.82, 2.24) is 4.90 Å². The van der Waals surface area contributed by atoms with Gasteiger partial charge in [0.1, 0.15) is 11.9 Å². The normalized spacial score (nSPS) is 22.6. The SMILES string of the molecule is COc1ccc(CC(C(=O)OC2CCN3CCCC2C3)c2ccccc2)cc1.O=C(O)C(O)C(O)C(=O)O. The van der Waals surface area contributed by atoms with E-state index < -0.39 is 24.1 Å². The van der Waals surface area contributed by atoms with Crippen LogP contribution in [0.4, 0.5) is 0 Å². The highest BCUT2D eigenvalue weighted by Crippen LogP contribution is 2.31. The van der Waals surface area contributed by atoms with Crippen LogP contribution in [0.1, 0.15) is 36.3 Å². The molecule has 4 rings (SSSR count). The fourth-order valence-corrected chi connectivity index (χ4v) is 4.82. The average molecular weight is 530 g/mol. The van der Waals surface area contributed by atoms with Crippen molar-refractivity contribution in [1.29, 1.82) is 0 Å². The van der Waals surface area contributed by atoms with E-state index in [0.29, 0.717) is 12.3 Å². The summed E-state index contributed by atoms with van der Waals surface area (Å²) in [4.78, 5) is 35.3. The third-order valence-corrected chi connectivity index (χ3v) is 6.96. The van der Waals surface area contributed by atoms with Crippen LogP contribution in [0.2, 0.25) is 0 Å². The number of carbonyl (C=O) groups excluding carboxylic acids is 1. The fourth-order valence-electron chi connectivity index (χ4n) is 4.82. The first-order valence-corrected chi connectivity index (χ1v) is 12.6. The number of benzene rings is 2. The molecule has 2 aliphatic rings. The molecule has 206 valence electrons. The molecule has 6 unspecified atom stereocenters. The van der Waals surface area contributed by atoms with Gasteiger partial charge < -0.3 is 34.8 Å². The molecule has 2 heterocycles. The average Bonchev–Trinajstić information content (AvgIpc) is 2.93. The Labute approximate surface area is 221 Å². The predicted octanol–water partition coefficient (Wildman–Crippen LogP) is 1.93. The molecule has 0 spiro atoms. The molecule has 10 nitrogen and oxygen atoms in total. The Morgan fingerprint density at radius 3 is 2.13 bits per heavy atom. The van der Waals surface area contributed by atoms with Crippen LogP contribution in [-0.2, 0) is 25.5 Å². The molecule has 0 saturated carbocycles. The van der Waals surface area contributed by atoms with E-state index in [2.05, 4.69) is 4.90 Å². The van der Waals surface area contributed by atoms with E-state index in [1.807, 2.05) is 54.6 Å². The van der Waals surface area contributed by atoms with Gasteiger partial charge in [-0.15, -0.1) is 0 Å². The molecule has 2 bridgehead atoms. The van der Waals surface area contributed by atoms with Crippen molar-refractivity contribution in [2.24, 2.45) is 5.92 Å². The predicted molar refractivity (Wildman–Crippen MR) is 137 cm³/mol. The molecular formula is C28H35NO9. The lowest BCUT2D eigenvalue weighted by molar-refractivity contribution is -0.165. The van der Waals surface area contributed by atoms with Crippen molar-refractivity contribution >= 4 is 17.9 Å². The molecule has 2 aromatic rings.